The van der Waals surface area contributed by atoms with E-state index in [-0.39, 0.29) is 0 Å². The average molecular weight is 194 g/mol. The molecule has 0 atom stereocenters. The van der Waals surface area contributed by atoms with Crippen molar-refractivity contribution in [3.05, 3.63) is 24.0 Å². The molecular formula is C11H18N2O. The zero-order chi connectivity index (χ0) is 10.4. The number of methoxy groups -OCH3 is 1. The van der Waals surface area contributed by atoms with Crippen molar-refractivity contribution in [3.63, 3.8) is 0 Å². The number of rotatable bonds is 5. The van der Waals surface area contributed by atoms with E-state index in [9.17, 15) is 0 Å². The van der Waals surface area contributed by atoms with Gasteiger partial charge >= 0.3 is 0 Å². The van der Waals surface area contributed by atoms with E-state index in [0.29, 0.717) is 5.92 Å². The van der Waals surface area contributed by atoms with Gasteiger partial charge in [0.25, 0.3) is 0 Å². The van der Waals surface area contributed by atoms with Crippen LogP contribution in [0, 0.1) is 5.92 Å². The van der Waals surface area contributed by atoms with E-state index in [1.165, 1.54) is 0 Å². The highest BCUT2D eigenvalue weighted by molar-refractivity contribution is 5.23. The highest BCUT2D eigenvalue weighted by Gasteiger charge is 1.97. The molecule has 78 valence electrons. The zero-order valence-electron chi connectivity index (χ0n) is 9.08. The highest BCUT2D eigenvalue weighted by atomic mass is 16.5. The van der Waals surface area contributed by atoms with Crippen molar-refractivity contribution in [2.45, 2.75) is 20.4 Å². The number of aromatic nitrogens is 1. The monoisotopic (exact) mass is 194 g/mol. The quantitative estimate of drug-likeness (QED) is 0.776. The molecule has 1 aromatic rings. The largest absolute Gasteiger partial charge is 0.495 e. The molecule has 0 bridgehead atoms. The molecule has 0 amide bonds. The van der Waals surface area contributed by atoms with Crippen molar-refractivity contribution in [2.24, 2.45) is 5.92 Å². The normalized spacial score (nSPS) is 10.6. The standard InChI is InChI=1S/C11H18N2O/c1-9(2)5-12-6-10-4-11(14-3)8-13-7-10/h4,7-9,12H,5-6H2,1-3H3. The van der Waals surface area contributed by atoms with Crippen molar-refractivity contribution >= 4 is 0 Å². The molecule has 0 aliphatic rings. The van der Waals surface area contributed by atoms with Crippen LogP contribution in [-0.2, 0) is 6.54 Å². The summed E-state index contributed by atoms with van der Waals surface area (Å²) in [5, 5.41) is 3.36. The van der Waals surface area contributed by atoms with Gasteiger partial charge in [-0.15, -0.1) is 0 Å². The summed E-state index contributed by atoms with van der Waals surface area (Å²) in [5.41, 5.74) is 1.16. The van der Waals surface area contributed by atoms with Gasteiger partial charge in [-0.2, -0.15) is 0 Å². The molecule has 3 nitrogen and oxygen atoms in total. The lowest BCUT2D eigenvalue weighted by molar-refractivity contribution is 0.412. The second kappa shape index (κ2) is 5.60. The number of ether oxygens (including phenoxy) is 1. The maximum atomic E-state index is 5.09. The van der Waals surface area contributed by atoms with Gasteiger partial charge in [-0.3, -0.25) is 4.98 Å². The minimum atomic E-state index is 0.675. The minimum absolute atomic E-state index is 0.675. The van der Waals surface area contributed by atoms with Gasteiger partial charge in [0.2, 0.25) is 0 Å². The zero-order valence-corrected chi connectivity index (χ0v) is 9.08. The van der Waals surface area contributed by atoms with E-state index in [0.717, 1.165) is 24.4 Å². The molecule has 1 aromatic heterocycles. The predicted molar refractivity (Wildman–Crippen MR) is 57.3 cm³/mol. The third kappa shape index (κ3) is 3.75. The summed E-state index contributed by atoms with van der Waals surface area (Å²) in [6.07, 6.45) is 3.57. The molecule has 1 N–H and O–H groups in total. The lowest BCUT2D eigenvalue weighted by Gasteiger charge is -2.07. The molecule has 0 aliphatic carbocycles. The lowest BCUT2D eigenvalue weighted by Crippen LogP contribution is -2.18. The van der Waals surface area contributed by atoms with Crippen LogP contribution in [0.4, 0.5) is 0 Å². The van der Waals surface area contributed by atoms with Gasteiger partial charge in [0.15, 0.2) is 0 Å². The topological polar surface area (TPSA) is 34.1 Å². The Balaban J connectivity index is 2.42. The van der Waals surface area contributed by atoms with E-state index in [2.05, 4.69) is 24.1 Å². The Hall–Kier alpha value is -1.09. The molecule has 0 fully saturated rings. The minimum Gasteiger partial charge on any atom is -0.495 e. The van der Waals surface area contributed by atoms with E-state index >= 15 is 0 Å². The fourth-order valence-corrected chi connectivity index (χ4v) is 1.18. The van der Waals surface area contributed by atoms with Crippen LogP contribution >= 0.6 is 0 Å². The van der Waals surface area contributed by atoms with Crippen molar-refractivity contribution in [2.75, 3.05) is 13.7 Å². The summed E-state index contributed by atoms with van der Waals surface area (Å²) in [6, 6.07) is 2.00. The fourth-order valence-electron chi connectivity index (χ4n) is 1.18. The van der Waals surface area contributed by atoms with Gasteiger partial charge in [-0.1, -0.05) is 13.8 Å². The Bertz CT molecular complexity index is 274. The van der Waals surface area contributed by atoms with Crippen LogP contribution in [0.3, 0.4) is 0 Å². The maximum absolute atomic E-state index is 5.09. The summed E-state index contributed by atoms with van der Waals surface area (Å²) in [7, 11) is 1.66. The van der Waals surface area contributed by atoms with Gasteiger partial charge in [0.1, 0.15) is 5.75 Å². The van der Waals surface area contributed by atoms with Gasteiger partial charge in [-0.05, 0) is 24.1 Å². The Morgan fingerprint density at radius 1 is 1.43 bits per heavy atom. The van der Waals surface area contributed by atoms with E-state index in [1.807, 2.05) is 12.3 Å². The molecule has 14 heavy (non-hydrogen) atoms. The van der Waals surface area contributed by atoms with Crippen LogP contribution in [0.15, 0.2) is 18.5 Å². The van der Waals surface area contributed by atoms with Crippen molar-refractivity contribution in [3.8, 4) is 5.75 Å². The first-order chi connectivity index (χ1) is 6.72. The smallest absolute Gasteiger partial charge is 0.137 e. The van der Waals surface area contributed by atoms with Crippen LogP contribution in [-0.4, -0.2) is 18.6 Å². The molecule has 1 heterocycles. The molecule has 0 aromatic carbocycles. The first-order valence-corrected chi connectivity index (χ1v) is 4.91. The third-order valence-electron chi connectivity index (χ3n) is 1.89. The summed E-state index contributed by atoms with van der Waals surface area (Å²) in [4.78, 5) is 4.09. The maximum Gasteiger partial charge on any atom is 0.137 e. The van der Waals surface area contributed by atoms with Crippen molar-refractivity contribution in [1.29, 1.82) is 0 Å². The molecule has 0 unspecified atom stereocenters. The fraction of sp³-hybridized carbons (Fsp3) is 0.545. The van der Waals surface area contributed by atoms with Crippen LogP contribution < -0.4 is 10.1 Å². The van der Waals surface area contributed by atoms with E-state index in [4.69, 9.17) is 4.74 Å². The lowest BCUT2D eigenvalue weighted by atomic mass is 10.2. The van der Waals surface area contributed by atoms with Gasteiger partial charge in [0, 0.05) is 12.7 Å². The number of hydrogen-bond donors (Lipinski definition) is 1. The summed E-state index contributed by atoms with van der Waals surface area (Å²) >= 11 is 0. The van der Waals surface area contributed by atoms with E-state index < -0.39 is 0 Å². The Kier molecular flexibility index (Phi) is 4.40. The molecule has 0 aliphatic heterocycles. The van der Waals surface area contributed by atoms with Crippen molar-refractivity contribution in [1.82, 2.24) is 10.3 Å². The number of pyridine rings is 1. The van der Waals surface area contributed by atoms with Crippen LogP contribution in [0.2, 0.25) is 0 Å². The number of nitrogens with one attached hydrogen (secondary N) is 1. The second-order valence-corrected chi connectivity index (χ2v) is 3.76. The molecule has 1 rings (SSSR count). The van der Waals surface area contributed by atoms with Gasteiger partial charge < -0.3 is 10.1 Å². The summed E-state index contributed by atoms with van der Waals surface area (Å²) in [5.74, 6) is 1.49. The molecular weight excluding hydrogens is 176 g/mol. The van der Waals surface area contributed by atoms with Crippen LogP contribution in [0.5, 0.6) is 5.75 Å². The summed E-state index contributed by atoms with van der Waals surface area (Å²) < 4.78 is 5.09. The van der Waals surface area contributed by atoms with Gasteiger partial charge in [0.05, 0.1) is 13.3 Å². The first-order valence-electron chi connectivity index (χ1n) is 4.91. The molecule has 0 radical (unpaired) electrons. The Labute approximate surface area is 85.5 Å². The van der Waals surface area contributed by atoms with Crippen molar-refractivity contribution < 1.29 is 4.74 Å². The Morgan fingerprint density at radius 2 is 2.21 bits per heavy atom. The summed E-state index contributed by atoms with van der Waals surface area (Å²) in [6.45, 7) is 6.26. The highest BCUT2D eigenvalue weighted by Crippen LogP contribution is 2.09. The Morgan fingerprint density at radius 3 is 2.86 bits per heavy atom. The van der Waals surface area contributed by atoms with Crippen LogP contribution in [0.1, 0.15) is 19.4 Å². The van der Waals surface area contributed by atoms with Crippen LogP contribution in [0.25, 0.3) is 0 Å². The predicted octanol–water partition coefficient (Wildman–Crippen LogP) is 1.84. The second-order valence-electron chi connectivity index (χ2n) is 3.76. The molecule has 0 saturated carbocycles. The average Bonchev–Trinajstić information content (AvgIpc) is 2.18. The van der Waals surface area contributed by atoms with Gasteiger partial charge in [-0.25, -0.2) is 0 Å². The number of hydrogen-bond acceptors (Lipinski definition) is 3. The molecule has 3 heteroatoms. The third-order valence-corrected chi connectivity index (χ3v) is 1.89. The SMILES string of the molecule is COc1cncc(CNCC(C)C)c1. The molecule has 0 saturated heterocycles. The number of nitrogens with zero attached hydrogens (tertiary/aromatic N) is 1. The van der Waals surface area contributed by atoms with E-state index in [1.54, 1.807) is 13.3 Å². The first kappa shape index (κ1) is 11.0. The molecule has 0 spiro atoms.